The fourth-order valence-corrected chi connectivity index (χ4v) is 12.1. The van der Waals surface area contributed by atoms with Crippen molar-refractivity contribution in [3.05, 3.63) is 166 Å². The Morgan fingerprint density at radius 1 is 0.463 bits per heavy atom. The number of nitrogen functional groups attached to an aromatic ring is 5. The summed E-state index contributed by atoms with van der Waals surface area (Å²) in [6, 6.07) is 14.5. The van der Waals surface area contributed by atoms with Gasteiger partial charge in [0.1, 0.15) is 0 Å². The van der Waals surface area contributed by atoms with Crippen LogP contribution in [-0.2, 0) is 99.1 Å². The standard InChI is InChI=1S/2C14H21NO.C14H17NO.C9H17BO2.C8H7Br2NO.C8H9NO/c3*1-8(2)11-5-10-6-16-7-12(10)13(9(3)4)14(11)15;1-7(2)10-11-8(3,4)9(5,6)12-10;9-6-1-4-2-12-3-5(4)7(10)8(6)11;9-8-2-1-6-4-10-5-7(6)3-8/h2*5,8-9H,6-7,15H2,1-4H3;5H,1,3,6-7,15H2,2,4H3;1H2,2-6H3;1H,2-3,11H2;1-3H,4-5,9H2. The van der Waals surface area contributed by atoms with Crippen molar-refractivity contribution < 1.29 is 33.0 Å². The first-order chi connectivity index (χ1) is 38.4. The highest BCUT2D eigenvalue weighted by atomic mass is 79.9. The molecule has 0 amide bonds. The van der Waals surface area contributed by atoms with Gasteiger partial charge in [0.2, 0.25) is 0 Å². The molecule has 444 valence electrons. The molecule has 6 heterocycles. The van der Waals surface area contributed by atoms with Gasteiger partial charge in [-0.3, -0.25) is 0 Å². The van der Waals surface area contributed by atoms with Crippen molar-refractivity contribution in [2.24, 2.45) is 0 Å². The Morgan fingerprint density at radius 2 is 0.866 bits per heavy atom. The number of hydrogen-bond donors (Lipinski definition) is 5. The van der Waals surface area contributed by atoms with Crippen LogP contribution in [0.15, 0.2) is 76.6 Å². The number of halogens is 2. The molecule has 5 aromatic rings. The van der Waals surface area contributed by atoms with E-state index in [2.05, 4.69) is 125 Å². The zero-order valence-corrected chi connectivity index (χ0v) is 54.8. The summed E-state index contributed by atoms with van der Waals surface area (Å²) in [4.78, 5) is 0. The summed E-state index contributed by atoms with van der Waals surface area (Å²) in [5.74, 6) is 1.88. The van der Waals surface area contributed by atoms with E-state index in [1.54, 1.807) is 0 Å². The zero-order chi connectivity index (χ0) is 60.9. The Hall–Kier alpha value is -4.94. The smallest absolute Gasteiger partial charge is 0.400 e. The highest BCUT2D eigenvalue weighted by Crippen LogP contribution is 2.42. The molecule has 15 heteroatoms. The van der Waals surface area contributed by atoms with Crippen LogP contribution >= 0.6 is 31.9 Å². The fourth-order valence-electron chi connectivity index (χ4n) is 10.8. The Morgan fingerprint density at radius 3 is 1.28 bits per heavy atom. The molecule has 5 aromatic carbocycles. The predicted octanol–water partition coefficient (Wildman–Crippen LogP) is 16.8. The molecule has 1 saturated heterocycles. The molecule has 0 aliphatic carbocycles. The highest BCUT2D eigenvalue weighted by Gasteiger charge is 2.51. The lowest BCUT2D eigenvalue weighted by Gasteiger charge is -2.32. The van der Waals surface area contributed by atoms with Gasteiger partial charge in [-0.15, -0.1) is 6.58 Å². The summed E-state index contributed by atoms with van der Waals surface area (Å²) < 4.78 is 40.4. The molecule has 1 fully saturated rings. The lowest BCUT2D eigenvalue weighted by atomic mass is 9.81. The van der Waals surface area contributed by atoms with E-state index in [1.807, 2.05) is 72.7 Å². The van der Waals surface area contributed by atoms with Gasteiger partial charge in [-0.2, -0.15) is 0 Å². The maximum atomic E-state index is 6.30. The number of allylic oxidation sites excluding steroid dienone is 3. The average Bonchev–Trinajstić information content (AvgIpc) is 4.46. The van der Waals surface area contributed by atoms with Crippen molar-refractivity contribution in [3.63, 3.8) is 0 Å². The molecule has 0 atom stereocenters. The van der Waals surface area contributed by atoms with Gasteiger partial charge >= 0.3 is 7.12 Å². The Bertz CT molecular complexity index is 3090. The molecule has 6 aliphatic heterocycles. The van der Waals surface area contributed by atoms with Crippen molar-refractivity contribution in [1.82, 2.24) is 0 Å². The van der Waals surface area contributed by atoms with Crippen LogP contribution in [0.25, 0.3) is 11.1 Å². The fraction of sp³-hybridized carbons (Fsp3) is 0.463. The van der Waals surface area contributed by atoms with Crippen molar-refractivity contribution >= 4 is 78.6 Å². The van der Waals surface area contributed by atoms with Crippen LogP contribution in [0.3, 0.4) is 0 Å². The minimum Gasteiger partial charge on any atom is -0.400 e. The molecule has 6 aliphatic rings. The second-order valence-electron chi connectivity index (χ2n) is 24.5. The zero-order valence-electron chi connectivity index (χ0n) is 51.6. The lowest BCUT2D eigenvalue weighted by Crippen LogP contribution is -2.41. The third-order valence-electron chi connectivity index (χ3n) is 16.0. The van der Waals surface area contributed by atoms with Gasteiger partial charge in [0.25, 0.3) is 0 Å². The monoisotopic (exact) mass is 1250 g/mol. The van der Waals surface area contributed by atoms with Crippen LogP contribution in [0.1, 0.15) is 217 Å². The van der Waals surface area contributed by atoms with Gasteiger partial charge in [0.05, 0.1) is 83.0 Å². The van der Waals surface area contributed by atoms with Gasteiger partial charge in [-0.1, -0.05) is 92.2 Å². The van der Waals surface area contributed by atoms with Gasteiger partial charge in [-0.25, -0.2) is 0 Å². The van der Waals surface area contributed by atoms with Gasteiger partial charge < -0.3 is 61.7 Å². The first-order valence-corrected chi connectivity index (χ1v) is 30.1. The van der Waals surface area contributed by atoms with Crippen LogP contribution in [0.4, 0.5) is 28.4 Å². The number of fused-ring (bicyclic) bond motifs is 5. The van der Waals surface area contributed by atoms with Crippen LogP contribution in [-0.4, -0.2) is 18.3 Å². The predicted molar refractivity (Wildman–Crippen MR) is 349 cm³/mol. The molecule has 0 aromatic heterocycles. The molecule has 10 N–H and O–H groups in total. The molecule has 0 spiro atoms. The summed E-state index contributed by atoms with van der Waals surface area (Å²) in [6.07, 6.45) is 0. The second kappa shape index (κ2) is 27.8. The van der Waals surface area contributed by atoms with Crippen molar-refractivity contribution in [2.75, 3.05) is 28.7 Å². The third-order valence-corrected chi connectivity index (χ3v) is 17.6. The Balaban J connectivity index is 0.000000159. The molecule has 0 radical (unpaired) electrons. The number of hydrogen-bond acceptors (Lipinski definition) is 12. The molecule has 11 rings (SSSR count). The summed E-state index contributed by atoms with van der Waals surface area (Å²) >= 11 is 6.84. The minimum absolute atomic E-state index is 0.239. The maximum absolute atomic E-state index is 6.30. The van der Waals surface area contributed by atoms with Crippen molar-refractivity contribution in [1.29, 1.82) is 0 Å². The Kier molecular flexibility index (Phi) is 22.5. The third kappa shape index (κ3) is 15.1. The van der Waals surface area contributed by atoms with Gasteiger partial charge in [0, 0.05) is 42.8 Å². The first kappa shape index (κ1) is 66.2. The summed E-state index contributed by atoms with van der Waals surface area (Å²) in [5.41, 5.74) is 56.7. The van der Waals surface area contributed by atoms with Crippen molar-refractivity contribution in [3.8, 4) is 0 Å². The quantitative estimate of drug-likeness (QED) is 0.0766. The SMILES string of the molecule is C=C(C)B1OC(C)(C)C(C)(C)O1.C=C(C)c1cc2c(c(C(=C)C)c1N)COC2.CC(C)c1cc2c(c(C(C)C)c1N)COC2.CC(C)c1cc2c(c(C(C)C)c1N)COC2.Nc1c(Br)cc2c(c1Br)COC2.Nc1ccc2c(c1)COC2. The molecule has 0 bridgehead atoms. The van der Waals surface area contributed by atoms with E-state index in [4.69, 9.17) is 61.7 Å². The number of anilines is 5. The second-order valence-corrected chi connectivity index (χ2v) is 26.2. The molecule has 82 heavy (non-hydrogen) atoms. The highest BCUT2D eigenvalue weighted by molar-refractivity contribution is 9.11. The number of benzene rings is 5. The average molecular weight is 1250 g/mol. The van der Waals surface area contributed by atoms with E-state index in [1.165, 1.54) is 77.9 Å². The van der Waals surface area contributed by atoms with Gasteiger partial charge in [0.15, 0.2) is 0 Å². The van der Waals surface area contributed by atoms with E-state index in [9.17, 15) is 0 Å². The molecule has 0 unspecified atom stereocenters. The number of rotatable bonds is 7. The van der Waals surface area contributed by atoms with E-state index in [0.29, 0.717) is 50.1 Å². The largest absolute Gasteiger partial charge is 0.489 e. The minimum atomic E-state index is -0.241. The number of ether oxygens (including phenoxy) is 5. The van der Waals surface area contributed by atoms with E-state index >= 15 is 0 Å². The van der Waals surface area contributed by atoms with Crippen LogP contribution in [0.2, 0.25) is 0 Å². The molecule has 0 saturated carbocycles. The van der Waals surface area contributed by atoms with Crippen molar-refractivity contribution in [2.45, 2.75) is 205 Å². The van der Waals surface area contributed by atoms with E-state index in [0.717, 1.165) is 105 Å². The van der Waals surface area contributed by atoms with E-state index < -0.39 is 0 Å². The lowest BCUT2D eigenvalue weighted by molar-refractivity contribution is 0.00578. The molecule has 12 nitrogen and oxygen atoms in total. The van der Waals surface area contributed by atoms with Crippen LogP contribution in [0, 0.1) is 0 Å². The van der Waals surface area contributed by atoms with Crippen LogP contribution in [0.5, 0.6) is 0 Å². The normalized spacial score (nSPS) is 16.3. The first-order valence-electron chi connectivity index (χ1n) is 28.5. The summed E-state index contributed by atoms with van der Waals surface area (Å²) in [6.45, 7) is 50.4. The molecular weight excluding hydrogens is 1160 g/mol. The van der Waals surface area contributed by atoms with Crippen LogP contribution < -0.4 is 28.7 Å². The van der Waals surface area contributed by atoms with Gasteiger partial charge in [-0.05, 0) is 217 Å². The number of nitrogens with two attached hydrogens (primary N) is 5. The topological polar surface area (TPSA) is 195 Å². The summed E-state index contributed by atoms with van der Waals surface area (Å²) in [5, 5.41) is 0. The Labute approximate surface area is 507 Å². The molecular formula is C67H92BBr2N5O7. The summed E-state index contributed by atoms with van der Waals surface area (Å²) in [7, 11) is -0.241. The maximum Gasteiger partial charge on any atom is 0.489 e. The van der Waals surface area contributed by atoms with E-state index in [-0.39, 0.29) is 18.3 Å².